The number of benzene rings is 6. The number of para-hydroxylation sites is 4. The minimum Gasteiger partial charge on any atom is -0.457 e. The minimum atomic E-state index is -0.153. The predicted octanol–water partition coefficient (Wildman–Crippen LogP) is 13.4. The van der Waals surface area contributed by atoms with Crippen molar-refractivity contribution < 1.29 is 4.42 Å². The molecule has 10 aromatic rings. The van der Waals surface area contributed by atoms with Crippen molar-refractivity contribution in [1.29, 1.82) is 0 Å². The van der Waals surface area contributed by atoms with Gasteiger partial charge in [-0.2, -0.15) is 0 Å². The highest BCUT2D eigenvalue weighted by molar-refractivity contribution is 6.13. The van der Waals surface area contributed by atoms with Crippen LogP contribution in [0.1, 0.15) is 26.3 Å². The summed E-state index contributed by atoms with van der Waals surface area (Å²) in [4.78, 5) is 17.7. The molecule has 6 aromatic carbocycles. The number of H-pyrrole nitrogens is 2. The second-order valence-electron chi connectivity index (χ2n) is 15.3. The summed E-state index contributed by atoms with van der Waals surface area (Å²) < 4.78 is 8.87. The van der Waals surface area contributed by atoms with Crippen LogP contribution in [0, 0.1) is 0 Å². The fraction of sp³-hybridized carbons (Fsp3) is 0.0800. The van der Waals surface area contributed by atoms with E-state index in [0.29, 0.717) is 11.2 Å². The molecule has 0 atom stereocenters. The van der Waals surface area contributed by atoms with E-state index in [1.165, 1.54) is 5.56 Å². The fourth-order valence-corrected chi connectivity index (χ4v) is 7.83. The molecule has 0 spiro atoms. The van der Waals surface area contributed by atoms with Crippen molar-refractivity contribution in [3.8, 4) is 11.1 Å². The summed E-state index contributed by atoms with van der Waals surface area (Å²) in [7, 11) is 0. The quantitative estimate of drug-likeness (QED) is 0.177. The van der Waals surface area contributed by atoms with Crippen molar-refractivity contribution in [2.24, 2.45) is 0 Å². The Labute approximate surface area is 323 Å². The molecule has 2 N–H and O–H groups in total. The Bertz CT molecular complexity index is 3360. The maximum Gasteiger partial charge on any atom is 0.138 e. The second kappa shape index (κ2) is 13.3. The molecule has 10 rings (SSSR count). The highest BCUT2D eigenvalue weighted by Crippen LogP contribution is 2.35. The molecule has 0 aliphatic heterocycles. The fourth-order valence-electron chi connectivity index (χ4n) is 7.83. The van der Waals surface area contributed by atoms with Crippen molar-refractivity contribution in [2.75, 3.05) is 0 Å². The number of rotatable bonds is 1. The van der Waals surface area contributed by atoms with Crippen LogP contribution in [0.2, 0.25) is 0 Å². The molecule has 0 radical (unpaired) electrons. The molecule has 0 saturated carbocycles. The zero-order valence-electron chi connectivity index (χ0n) is 31.4. The first-order valence-electron chi connectivity index (χ1n) is 19.0. The Morgan fingerprint density at radius 1 is 0.536 bits per heavy atom. The van der Waals surface area contributed by atoms with E-state index in [1.807, 2.05) is 30.3 Å². The van der Waals surface area contributed by atoms with E-state index < -0.39 is 0 Å². The number of nitrogens with zero attached hydrogens (tertiary/aromatic N) is 3. The summed E-state index contributed by atoms with van der Waals surface area (Å²) in [5.41, 5.74) is 11.9. The van der Waals surface area contributed by atoms with Crippen molar-refractivity contribution in [2.45, 2.75) is 26.2 Å². The number of aromatic nitrogens is 5. The SMILES string of the molecule is CC(C)(C)c1cc2nc(c1)n1c3ccccc3c3ccc(cc31)oc1ccnc(c1)[nH]c1ccccc1[nH]c1c(-c3ccccc3)cccc1c1ccccc21. The predicted molar refractivity (Wildman–Crippen MR) is 234 cm³/mol. The van der Waals surface area contributed by atoms with E-state index in [2.05, 4.69) is 169 Å². The lowest BCUT2D eigenvalue weighted by molar-refractivity contribution is 0.591. The molecule has 0 saturated heterocycles. The molecule has 6 bridgehead atoms. The van der Waals surface area contributed by atoms with Crippen molar-refractivity contribution >= 4 is 82.5 Å². The van der Waals surface area contributed by atoms with E-state index >= 15 is 0 Å². The minimum absolute atomic E-state index is 0.153. The van der Waals surface area contributed by atoms with Crippen LogP contribution in [-0.4, -0.2) is 24.3 Å². The first-order chi connectivity index (χ1) is 27.4. The number of aromatic amines is 2. The van der Waals surface area contributed by atoms with Gasteiger partial charge < -0.3 is 14.4 Å². The Morgan fingerprint density at radius 3 is 2.04 bits per heavy atom. The molecule has 0 aliphatic rings. The standard InChI is InChI=1S/C50H39N5O/c1-50(2,3)33-28-44-38-17-8-7-16-37(38)41-20-13-19-36(32-14-5-4-6-15-32)49(41)54-43-22-11-10-21-42(43)52-47-31-35(26-27-51-47)56-34-24-25-40-39-18-9-12-23-45(39)55(46(40)30-34)48(29-33)53-44/h4-31,54H,1-3H3,(H,51,52). The number of hydrogen-bond donors (Lipinski definition) is 2. The highest BCUT2D eigenvalue weighted by atomic mass is 16.3. The summed E-state index contributed by atoms with van der Waals surface area (Å²) in [6.45, 7) is 6.79. The Balaban J connectivity index is 1.51. The summed E-state index contributed by atoms with van der Waals surface area (Å²) in [5.74, 6) is 0. The number of nitrogens with one attached hydrogen (secondary N) is 2. The largest absolute Gasteiger partial charge is 0.457 e. The molecular formula is C50H39N5O. The van der Waals surface area contributed by atoms with Crippen LogP contribution in [0.4, 0.5) is 0 Å². The molecule has 0 aliphatic carbocycles. The van der Waals surface area contributed by atoms with Crippen molar-refractivity contribution in [1.82, 2.24) is 24.3 Å². The van der Waals surface area contributed by atoms with Gasteiger partial charge in [-0.3, -0.25) is 4.40 Å². The molecule has 270 valence electrons. The number of pyridine rings is 2. The average Bonchev–Trinajstić information content (AvgIpc) is 3.55. The van der Waals surface area contributed by atoms with E-state index in [9.17, 15) is 0 Å². The van der Waals surface area contributed by atoms with Gasteiger partial charge in [0.05, 0.1) is 33.1 Å². The van der Waals surface area contributed by atoms with Gasteiger partial charge in [0.25, 0.3) is 0 Å². The van der Waals surface area contributed by atoms with Gasteiger partial charge in [-0.25, -0.2) is 9.97 Å². The first kappa shape index (κ1) is 33.4. The van der Waals surface area contributed by atoms with Gasteiger partial charge >= 0.3 is 0 Å². The second-order valence-corrected chi connectivity index (χ2v) is 15.3. The van der Waals surface area contributed by atoms with Gasteiger partial charge in [0.15, 0.2) is 0 Å². The smallest absolute Gasteiger partial charge is 0.138 e. The molecular weight excluding hydrogens is 687 g/mol. The Hall–Kier alpha value is -7.18. The maximum atomic E-state index is 6.59. The summed E-state index contributed by atoms with van der Waals surface area (Å²) in [6.07, 6.45) is 1.77. The number of fused-ring (bicyclic) bond motifs is 14. The zero-order valence-corrected chi connectivity index (χ0v) is 31.4. The van der Waals surface area contributed by atoms with Gasteiger partial charge in [0.1, 0.15) is 22.5 Å². The Kier molecular flexibility index (Phi) is 7.92. The van der Waals surface area contributed by atoms with Gasteiger partial charge in [-0.05, 0) is 70.5 Å². The van der Waals surface area contributed by atoms with Crippen LogP contribution in [0.5, 0.6) is 0 Å². The molecule has 6 nitrogen and oxygen atoms in total. The first-order valence-corrected chi connectivity index (χ1v) is 19.0. The van der Waals surface area contributed by atoms with E-state index in [-0.39, 0.29) is 5.41 Å². The third kappa shape index (κ3) is 5.92. The summed E-state index contributed by atoms with van der Waals surface area (Å²) in [6, 6.07) is 57.2. The molecule has 56 heavy (non-hydrogen) atoms. The molecule has 0 unspecified atom stereocenters. The van der Waals surface area contributed by atoms with E-state index in [1.54, 1.807) is 6.20 Å². The van der Waals surface area contributed by atoms with Crippen LogP contribution in [0.15, 0.2) is 174 Å². The Morgan fingerprint density at radius 2 is 1.21 bits per heavy atom. The van der Waals surface area contributed by atoms with E-state index in [0.717, 1.165) is 82.4 Å². The van der Waals surface area contributed by atoms with E-state index in [4.69, 9.17) is 14.4 Å². The van der Waals surface area contributed by atoms with Gasteiger partial charge in [-0.1, -0.05) is 124 Å². The molecule has 4 aromatic heterocycles. The third-order valence-corrected chi connectivity index (χ3v) is 10.6. The lowest BCUT2D eigenvalue weighted by Gasteiger charge is -2.19. The molecule has 0 amide bonds. The topological polar surface area (TPSA) is 74.9 Å². The van der Waals surface area contributed by atoms with Crippen LogP contribution in [-0.2, 0) is 5.41 Å². The van der Waals surface area contributed by atoms with Crippen molar-refractivity contribution in [3.63, 3.8) is 0 Å². The van der Waals surface area contributed by atoms with Crippen molar-refractivity contribution in [3.05, 3.63) is 176 Å². The van der Waals surface area contributed by atoms with Gasteiger partial charge in [0, 0.05) is 45.4 Å². The van der Waals surface area contributed by atoms with Crippen LogP contribution in [0.25, 0.3) is 93.6 Å². The third-order valence-electron chi connectivity index (χ3n) is 10.6. The molecule has 0 fully saturated rings. The van der Waals surface area contributed by atoms with Gasteiger partial charge in [-0.15, -0.1) is 0 Å². The van der Waals surface area contributed by atoms with Crippen LogP contribution < -0.4 is 0 Å². The van der Waals surface area contributed by atoms with Gasteiger partial charge in [0.2, 0.25) is 0 Å². The van der Waals surface area contributed by atoms with Crippen LogP contribution >= 0.6 is 0 Å². The highest BCUT2D eigenvalue weighted by Gasteiger charge is 2.17. The lowest BCUT2D eigenvalue weighted by Crippen LogP contribution is -2.11. The van der Waals surface area contributed by atoms with Crippen LogP contribution in [0.3, 0.4) is 0 Å². The molecule has 4 heterocycles. The number of hydrogen-bond acceptors (Lipinski definition) is 3. The molecule has 6 heteroatoms. The zero-order chi connectivity index (χ0) is 37.8. The maximum absolute atomic E-state index is 6.59. The average molecular weight is 726 g/mol. The summed E-state index contributed by atoms with van der Waals surface area (Å²) >= 11 is 0. The summed E-state index contributed by atoms with van der Waals surface area (Å²) in [5, 5.41) is 5.47. The lowest BCUT2D eigenvalue weighted by atomic mass is 9.87. The monoisotopic (exact) mass is 725 g/mol. The normalized spacial score (nSPS) is 11.8.